The summed E-state index contributed by atoms with van der Waals surface area (Å²) in [5, 5.41) is 34.3. The van der Waals surface area contributed by atoms with Crippen molar-refractivity contribution in [1.29, 1.82) is 0 Å². The molecule has 16 heteroatoms. The molecule has 0 unspecified atom stereocenters. The van der Waals surface area contributed by atoms with Crippen molar-refractivity contribution < 1.29 is 38.1 Å². The number of esters is 1. The van der Waals surface area contributed by atoms with E-state index in [1.165, 1.54) is 60.9 Å². The molecule has 12 nitrogen and oxygen atoms in total. The first-order valence-corrected chi connectivity index (χ1v) is 16.4. The molecule has 0 radical (unpaired) electrons. The van der Waals surface area contributed by atoms with Crippen molar-refractivity contribution >= 4 is 51.9 Å². The number of thiazole rings is 1. The van der Waals surface area contributed by atoms with Gasteiger partial charge in [0.05, 0.1) is 44.9 Å². The van der Waals surface area contributed by atoms with Crippen LogP contribution in [0.3, 0.4) is 0 Å². The molecule has 0 atom stereocenters. The number of hydrogen-bond donors (Lipinski definition) is 2. The van der Waals surface area contributed by atoms with E-state index in [-0.39, 0.29) is 44.2 Å². The summed E-state index contributed by atoms with van der Waals surface area (Å²) in [4.78, 5) is 49.8. The second-order valence-electron chi connectivity index (χ2n) is 10.9. The number of benzene rings is 5. The monoisotopic (exact) mass is 754 g/mol. The molecule has 266 valence electrons. The molecule has 0 spiro atoms. The van der Waals surface area contributed by atoms with Crippen molar-refractivity contribution in [3.8, 4) is 44.1 Å². The molecular weight excluding hydrogens is 731 g/mol. The summed E-state index contributed by atoms with van der Waals surface area (Å²) in [5.74, 6) is -3.33. The van der Waals surface area contributed by atoms with Gasteiger partial charge in [0.15, 0.2) is 0 Å². The van der Waals surface area contributed by atoms with Crippen molar-refractivity contribution in [2.45, 2.75) is 0 Å². The van der Waals surface area contributed by atoms with Gasteiger partial charge in [-0.15, -0.1) is 11.3 Å². The van der Waals surface area contributed by atoms with Gasteiger partial charge >= 0.3 is 11.9 Å². The first kappa shape index (κ1) is 37.5. The summed E-state index contributed by atoms with van der Waals surface area (Å²) < 4.78 is 31.7. The Hall–Kier alpha value is -6.78. The number of carboxylic acids is 1. The van der Waals surface area contributed by atoms with Crippen LogP contribution in [0.1, 0.15) is 26.3 Å². The first-order valence-electron chi connectivity index (χ1n) is 15.1. The van der Waals surface area contributed by atoms with Gasteiger partial charge in [-0.1, -0.05) is 60.7 Å². The minimum atomic E-state index is -1.25. The van der Waals surface area contributed by atoms with E-state index in [9.17, 15) is 43.7 Å². The number of nitro groups is 2. The Bertz CT molecular complexity index is 2420. The quantitative estimate of drug-likeness (QED) is 0.0622. The van der Waals surface area contributed by atoms with Crippen LogP contribution in [0.5, 0.6) is 0 Å². The van der Waals surface area contributed by atoms with Gasteiger partial charge in [0.25, 0.3) is 11.4 Å². The Kier molecular flexibility index (Phi) is 11.3. The number of carbonyl (C=O) groups is 2. The van der Waals surface area contributed by atoms with Crippen LogP contribution in [0.15, 0.2) is 109 Å². The predicted octanol–water partition coefficient (Wildman–Crippen LogP) is 8.71. The number of carboxylic acid groups (broad SMARTS) is 1. The van der Waals surface area contributed by atoms with E-state index in [0.717, 1.165) is 18.2 Å². The third-order valence-electron chi connectivity index (χ3n) is 7.65. The highest BCUT2D eigenvalue weighted by molar-refractivity contribution is 7.80. The Labute approximate surface area is 308 Å². The van der Waals surface area contributed by atoms with Crippen LogP contribution in [0.4, 0.5) is 20.2 Å². The van der Waals surface area contributed by atoms with E-state index in [1.807, 2.05) is 0 Å². The number of nitro benzene ring substituents is 2. The van der Waals surface area contributed by atoms with Crippen LogP contribution in [-0.2, 0) is 4.74 Å². The van der Waals surface area contributed by atoms with E-state index < -0.39 is 33.4 Å². The summed E-state index contributed by atoms with van der Waals surface area (Å²) in [5.41, 5.74) is 7.95. The number of methoxy groups -OCH3 is 1. The number of hydrogen-bond acceptors (Lipinski definition) is 10. The van der Waals surface area contributed by atoms with Crippen molar-refractivity contribution in [2.75, 3.05) is 7.11 Å². The van der Waals surface area contributed by atoms with Gasteiger partial charge < -0.3 is 15.6 Å². The van der Waals surface area contributed by atoms with Crippen molar-refractivity contribution in [2.24, 2.45) is 5.73 Å². The fraction of sp³-hybridized carbons (Fsp3) is 0.0270. The number of nitrogens with two attached hydrogens (primary N) is 1. The number of para-hydroxylation sites is 2. The number of thiocarbonyl (C=S) groups is 1. The number of carbonyl (C=O) groups excluding carboxylic acids is 1. The van der Waals surface area contributed by atoms with E-state index in [4.69, 9.17) is 22.7 Å². The second kappa shape index (κ2) is 16.1. The van der Waals surface area contributed by atoms with Gasteiger partial charge in [-0.3, -0.25) is 20.2 Å². The van der Waals surface area contributed by atoms with Crippen LogP contribution in [0, 0.1) is 31.9 Å². The van der Waals surface area contributed by atoms with E-state index >= 15 is 0 Å². The molecule has 3 N–H and O–H groups in total. The molecule has 0 bridgehead atoms. The number of halogens is 2. The minimum absolute atomic E-state index is 0.101. The largest absolute Gasteiger partial charge is 0.478 e. The Morgan fingerprint density at radius 2 is 1.32 bits per heavy atom. The van der Waals surface area contributed by atoms with Gasteiger partial charge in [0, 0.05) is 51.4 Å². The number of aromatic nitrogens is 1. The first-order chi connectivity index (χ1) is 25.3. The topological polar surface area (TPSA) is 189 Å². The highest BCUT2D eigenvalue weighted by Gasteiger charge is 2.23. The fourth-order valence-electron chi connectivity index (χ4n) is 5.26. The summed E-state index contributed by atoms with van der Waals surface area (Å²) in [6, 6.07) is 24.2. The zero-order chi connectivity index (χ0) is 38.4. The second-order valence-corrected chi connectivity index (χ2v) is 12.2. The Morgan fingerprint density at radius 1 is 0.774 bits per heavy atom. The maximum absolute atomic E-state index is 13.5. The lowest BCUT2D eigenvalue weighted by molar-refractivity contribution is -0.384. The number of aromatic carboxylic acids is 1. The Morgan fingerprint density at radius 3 is 1.85 bits per heavy atom. The van der Waals surface area contributed by atoms with Gasteiger partial charge in [0.1, 0.15) is 21.6 Å². The van der Waals surface area contributed by atoms with Gasteiger partial charge in [0.2, 0.25) is 0 Å². The van der Waals surface area contributed by atoms with Crippen molar-refractivity contribution in [3.63, 3.8) is 0 Å². The molecular formula is C37H24F2N4O8S2. The van der Waals surface area contributed by atoms with Crippen LogP contribution in [-0.4, -0.2) is 44.0 Å². The van der Waals surface area contributed by atoms with Crippen LogP contribution in [0.25, 0.3) is 44.1 Å². The predicted molar refractivity (Wildman–Crippen MR) is 198 cm³/mol. The molecule has 6 aromatic rings. The maximum atomic E-state index is 13.5. The SMILES string of the molecule is COC(=O)c1cc(C(N)=S)ccc1-c1ccccc1[N+](=O)[O-].O=C(O)c1cc(-c2nc(-c3cc(F)cc(F)c3)cs2)ccc1-c1ccccc1[N+](=O)[O-]. The molecule has 0 saturated carbocycles. The maximum Gasteiger partial charge on any atom is 0.338 e. The van der Waals surface area contributed by atoms with E-state index in [1.54, 1.807) is 47.8 Å². The normalized spacial score (nSPS) is 10.5. The third kappa shape index (κ3) is 8.41. The highest BCUT2D eigenvalue weighted by Crippen LogP contribution is 2.37. The van der Waals surface area contributed by atoms with Gasteiger partial charge in [-0.05, 0) is 36.4 Å². The molecule has 0 saturated heterocycles. The minimum Gasteiger partial charge on any atom is -0.478 e. The lowest BCUT2D eigenvalue weighted by atomic mass is 9.96. The van der Waals surface area contributed by atoms with Gasteiger partial charge in [-0.2, -0.15) is 0 Å². The molecule has 0 amide bonds. The van der Waals surface area contributed by atoms with E-state index in [2.05, 4.69) is 4.98 Å². The molecule has 53 heavy (non-hydrogen) atoms. The van der Waals surface area contributed by atoms with E-state index in [0.29, 0.717) is 33.0 Å². The molecule has 1 heterocycles. The molecule has 0 aliphatic rings. The molecule has 6 rings (SSSR count). The number of ether oxygens (including phenoxy) is 1. The fourth-order valence-corrected chi connectivity index (χ4v) is 6.22. The number of nitrogens with zero attached hydrogens (tertiary/aromatic N) is 3. The summed E-state index contributed by atoms with van der Waals surface area (Å²) in [7, 11) is 1.24. The van der Waals surface area contributed by atoms with Crippen LogP contribution >= 0.6 is 23.6 Å². The zero-order valence-electron chi connectivity index (χ0n) is 27.2. The van der Waals surface area contributed by atoms with Crippen molar-refractivity contribution in [1.82, 2.24) is 4.98 Å². The van der Waals surface area contributed by atoms with Crippen molar-refractivity contribution in [3.05, 3.63) is 157 Å². The molecule has 5 aromatic carbocycles. The summed E-state index contributed by atoms with van der Waals surface area (Å²) >= 11 is 6.07. The van der Waals surface area contributed by atoms with Crippen LogP contribution < -0.4 is 5.73 Å². The Balaban J connectivity index is 0.000000217. The molecule has 0 aliphatic carbocycles. The van der Waals surface area contributed by atoms with Gasteiger partial charge in [-0.25, -0.2) is 23.4 Å². The zero-order valence-corrected chi connectivity index (χ0v) is 28.8. The summed E-state index contributed by atoms with van der Waals surface area (Å²) in [6.45, 7) is 0. The van der Waals surface area contributed by atoms with Crippen LogP contribution in [0.2, 0.25) is 0 Å². The average Bonchev–Trinajstić information content (AvgIpc) is 3.64. The molecule has 0 aliphatic heterocycles. The average molecular weight is 755 g/mol. The molecule has 1 aromatic heterocycles. The standard InChI is InChI=1S/C22H12F2N2O4S.C15H12N2O4S/c23-14-7-13(8-15(24)10-14)19-11-31-21(25-19)12-5-6-16(18(9-12)22(27)28)17-3-1-2-4-20(17)26(29)30;1-21-15(18)12-8-9(14(16)22)6-7-10(12)11-4-2-3-5-13(11)17(19)20/h1-11H,(H,27,28);2-8H,1H3,(H2,16,22). The molecule has 0 fully saturated rings. The lowest BCUT2D eigenvalue weighted by Gasteiger charge is -2.10. The lowest BCUT2D eigenvalue weighted by Crippen LogP contribution is -2.12. The number of rotatable bonds is 9. The summed E-state index contributed by atoms with van der Waals surface area (Å²) in [6.07, 6.45) is 0. The third-order valence-corrected chi connectivity index (χ3v) is 8.78. The highest BCUT2D eigenvalue weighted by atomic mass is 32.1. The smallest absolute Gasteiger partial charge is 0.338 e.